The number of pyridine rings is 1. The molecule has 4 aromatic rings. The van der Waals surface area contributed by atoms with Gasteiger partial charge in [0.05, 0.1) is 6.42 Å². The third-order valence-corrected chi connectivity index (χ3v) is 6.50. The Balaban J connectivity index is 1.60. The first-order valence-corrected chi connectivity index (χ1v) is 12.8. The lowest BCUT2D eigenvalue weighted by atomic mass is 9.94. The van der Waals surface area contributed by atoms with Crippen LogP contribution >= 0.6 is 0 Å². The van der Waals surface area contributed by atoms with Crippen LogP contribution in [0.5, 0.6) is 0 Å². The summed E-state index contributed by atoms with van der Waals surface area (Å²) in [6.07, 6.45) is 3.78. The number of rotatable bonds is 11. The molecule has 1 aromatic heterocycles. The second kappa shape index (κ2) is 13.1. The largest absolute Gasteiger partial charge is 0.481 e. The maximum Gasteiger partial charge on any atom is 0.305 e. The quantitative estimate of drug-likeness (QED) is 0.285. The standard InChI is InChI=1S/C32H31N3O4/c1-23-10-12-25(13-11-23)22-34-31(38)28-8-4-2-6-26(28)27-7-3-5-9-29(27)32(39)35(21-17-30(36)37)20-16-24-14-18-33-19-15-24/h2-15,18-19H,16-17,20-22H2,1H3,(H,34,38)(H,36,37). The van der Waals surface area contributed by atoms with E-state index in [2.05, 4.69) is 10.3 Å². The summed E-state index contributed by atoms with van der Waals surface area (Å²) in [7, 11) is 0. The number of nitrogens with one attached hydrogen (secondary N) is 1. The molecule has 0 saturated heterocycles. The molecule has 198 valence electrons. The SMILES string of the molecule is Cc1ccc(CNC(=O)c2ccccc2-c2ccccc2C(=O)N(CCC(=O)O)CCc2ccncc2)cc1. The maximum absolute atomic E-state index is 13.8. The number of aryl methyl sites for hydroxylation is 1. The van der Waals surface area contributed by atoms with Gasteiger partial charge >= 0.3 is 5.97 Å². The number of nitrogens with zero attached hydrogens (tertiary/aromatic N) is 2. The predicted molar refractivity (Wildman–Crippen MR) is 150 cm³/mol. The van der Waals surface area contributed by atoms with Crippen LogP contribution in [0.4, 0.5) is 0 Å². The molecule has 0 aliphatic rings. The average Bonchev–Trinajstić information content (AvgIpc) is 2.97. The number of hydrogen-bond acceptors (Lipinski definition) is 4. The third-order valence-electron chi connectivity index (χ3n) is 6.50. The first-order valence-electron chi connectivity index (χ1n) is 12.8. The number of carboxylic acids is 1. The van der Waals surface area contributed by atoms with Gasteiger partial charge in [0.15, 0.2) is 0 Å². The molecule has 2 N–H and O–H groups in total. The van der Waals surface area contributed by atoms with Crippen molar-refractivity contribution in [1.29, 1.82) is 0 Å². The van der Waals surface area contributed by atoms with E-state index in [1.807, 2.05) is 67.6 Å². The molecule has 0 aliphatic carbocycles. The summed E-state index contributed by atoms with van der Waals surface area (Å²) < 4.78 is 0. The van der Waals surface area contributed by atoms with Gasteiger partial charge in [-0.1, -0.05) is 66.2 Å². The van der Waals surface area contributed by atoms with E-state index in [1.165, 1.54) is 0 Å². The number of carboxylic acid groups (broad SMARTS) is 1. The lowest BCUT2D eigenvalue weighted by molar-refractivity contribution is -0.137. The molecule has 0 fully saturated rings. The van der Waals surface area contributed by atoms with Crippen LogP contribution in [0.1, 0.15) is 43.8 Å². The Kier molecular flexibility index (Phi) is 9.19. The number of aliphatic carboxylic acids is 1. The fraction of sp³-hybridized carbons (Fsp3) is 0.188. The second-order valence-electron chi connectivity index (χ2n) is 9.30. The first-order chi connectivity index (χ1) is 18.9. The van der Waals surface area contributed by atoms with Crippen molar-refractivity contribution in [2.24, 2.45) is 0 Å². The maximum atomic E-state index is 13.8. The molecule has 0 radical (unpaired) electrons. The number of aromatic nitrogens is 1. The van der Waals surface area contributed by atoms with Crippen LogP contribution in [0.2, 0.25) is 0 Å². The molecule has 39 heavy (non-hydrogen) atoms. The van der Waals surface area contributed by atoms with E-state index in [9.17, 15) is 19.5 Å². The monoisotopic (exact) mass is 521 g/mol. The zero-order valence-electron chi connectivity index (χ0n) is 21.8. The highest BCUT2D eigenvalue weighted by Crippen LogP contribution is 2.28. The van der Waals surface area contributed by atoms with Gasteiger partial charge in [0.2, 0.25) is 0 Å². The Morgan fingerprint density at radius 1 is 0.769 bits per heavy atom. The van der Waals surface area contributed by atoms with Gasteiger partial charge in [0.25, 0.3) is 11.8 Å². The average molecular weight is 522 g/mol. The summed E-state index contributed by atoms with van der Waals surface area (Å²) in [6.45, 7) is 2.82. The number of benzene rings is 3. The van der Waals surface area contributed by atoms with E-state index in [1.54, 1.807) is 41.6 Å². The summed E-state index contributed by atoms with van der Waals surface area (Å²) in [4.78, 5) is 44.0. The van der Waals surface area contributed by atoms with Crippen molar-refractivity contribution in [3.63, 3.8) is 0 Å². The zero-order chi connectivity index (χ0) is 27.6. The minimum atomic E-state index is -0.972. The van der Waals surface area contributed by atoms with Gasteiger partial charge in [0.1, 0.15) is 0 Å². The van der Waals surface area contributed by atoms with Crippen LogP contribution in [-0.4, -0.2) is 45.9 Å². The van der Waals surface area contributed by atoms with Crippen LogP contribution in [0.15, 0.2) is 97.3 Å². The highest BCUT2D eigenvalue weighted by atomic mass is 16.4. The summed E-state index contributed by atoms with van der Waals surface area (Å²) in [5, 5.41) is 12.3. The van der Waals surface area contributed by atoms with Gasteiger partial charge < -0.3 is 15.3 Å². The highest BCUT2D eigenvalue weighted by molar-refractivity contribution is 6.06. The van der Waals surface area contributed by atoms with Crippen LogP contribution in [0.25, 0.3) is 11.1 Å². The molecule has 0 spiro atoms. The minimum Gasteiger partial charge on any atom is -0.481 e. The molecular weight excluding hydrogens is 490 g/mol. The molecule has 0 atom stereocenters. The Bertz CT molecular complexity index is 1440. The van der Waals surface area contributed by atoms with E-state index in [0.29, 0.717) is 41.8 Å². The van der Waals surface area contributed by atoms with Gasteiger partial charge in [-0.05, 0) is 59.9 Å². The summed E-state index contributed by atoms with van der Waals surface area (Å²) in [5.74, 6) is -1.50. The van der Waals surface area contributed by atoms with Gasteiger partial charge in [-0.15, -0.1) is 0 Å². The van der Waals surface area contributed by atoms with Crippen molar-refractivity contribution < 1.29 is 19.5 Å². The number of carbonyl (C=O) groups excluding carboxylic acids is 2. The molecule has 0 unspecified atom stereocenters. The van der Waals surface area contributed by atoms with Gasteiger partial charge in [-0.3, -0.25) is 19.4 Å². The second-order valence-corrected chi connectivity index (χ2v) is 9.30. The van der Waals surface area contributed by atoms with Crippen molar-refractivity contribution in [2.75, 3.05) is 13.1 Å². The molecule has 0 bridgehead atoms. The van der Waals surface area contributed by atoms with Crippen LogP contribution in [0, 0.1) is 6.92 Å². The van der Waals surface area contributed by atoms with Crippen molar-refractivity contribution in [2.45, 2.75) is 26.3 Å². The molecule has 1 heterocycles. The first kappa shape index (κ1) is 27.3. The number of carbonyl (C=O) groups is 3. The molecule has 3 aromatic carbocycles. The van der Waals surface area contributed by atoms with E-state index < -0.39 is 5.97 Å². The van der Waals surface area contributed by atoms with Crippen LogP contribution in [0.3, 0.4) is 0 Å². The number of hydrogen-bond donors (Lipinski definition) is 2. The Morgan fingerprint density at radius 3 is 2.05 bits per heavy atom. The molecule has 0 aliphatic heterocycles. The van der Waals surface area contributed by atoms with Crippen molar-refractivity contribution in [3.8, 4) is 11.1 Å². The Morgan fingerprint density at radius 2 is 1.38 bits per heavy atom. The molecule has 7 nitrogen and oxygen atoms in total. The van der Waals surface area contributed by atoms with Gasteiger partial charge in [-0.25, -0.2) is 0 Å². The fourth-order valence-corrected chi connectivity index (χ4v) is 4.33. The number of amides is 2. The normalized spacial score (nSPS) is 10.6. The summed E-state index contributed by atoms with van der Waals surface area (Å²) in [6, 6.07) is 26.0. The molecule has 7 heteroatoms. The summed E-state index contributed by atoms with van der Waals surface area (Å²) in [5.41, 5.74) is 5.26. The van der Waals surface area contributed by atoms with E-state index in [-0.39, 0.29) is 24.8 Å². The van der Waals surface area contributed by atoms with Gasteiger partial charge in [-0.2, -0.15) is 0 Å². The van der Waals surface area contributed by atoms with Crippen molar-refractivity contribution >= 4 is 17.8 Å². The lowest BCUT2D eigenvalue weighted by Crippen LogP contribution is -2.35. The summed E-state index contributed by atoms with van der Waals surface area (Å²) >= 11 is 0. The van der Waals surface area contributed by atoms with E-state index in [0.717, 1.165) is 16.7 Å². The van der Waals surface area contributed by atoms with Crippen molar-refractivity contribution in [1.82, 2.24) is 15.2 Å². The van der Waals surface area contributed by atoms with Crippen LogP contribution < -0.4 is 5.32 Å². The van der Waals surface area contributed by atoms with E-state index in [4.69, 9.17) is 0 Å². The third kappa shape index (κ3) is 7.38. The fourth-order valence-electron chi connectivity index (χ4n) is 4.33. The lowest BCUT2D eigenvalue weighted by Gasteiger charge is -2.24. The molecular formula is C32H31N3O4. The Hall–Kier alpha value is -4.78. The Labute approximate surface area is 228 Å². The van der Waals surface area contributed by atoms with Crippen molar-refractivity contribution in [3.05, 3.63) is 125 Å². The minimum absolute atomic E-state index is 0.0757. The smallest absolute Gasteiger partial charge is 0.305 e. The molecule has 2 amide bonds. The topological polar surface area (TPSA) is 99.6 Å². The highest BCUT2D eigenvalue weighted by Gasteiger charge is 2.22. The van der Waals surface area contributed by atoms with E-state index >= 15 is 0 Å². The van der Waals surface area contributed by atoms with Crippen LogP contribution in [-0.2, 0) is 17.8 Å². The zero-order valence-corrected chi connectivity index (χ0v) is 21.8. The molecule has 4 rings (SSSR count). The van der Waals surface area contributed by atoms with Gasteiger partial charge in [0, 0.05) is 43.2 Å². The predicted octanol–water partition coefficient (Wildman–Crippen LogP) is 5.15. The molecule has 0 saturated carbocycles.